The van der Waals surface area contributed by atoms with Crippen LogP contribution in [0.3, 0.4) is 0 Å². The highest BCUT2D eigenvalue weighted by Crippen LogP contribution is 2.29. The average Bonchev–Trinajstić information content (AvgIpc) is 2.49. The number of nitrogens with one attached hydrogen (secondary N) is 1. The summed E-state index contributed by atoms with van der Waals surface area (Å²) in [7, 11) is -1.92. The molecule has 0 spiro atoms. The zero-order valence-corrected chi connectivity index (χ0v) is 14.4. The van der Waals surface area contributed by atoms with Crippen LogP contribution in [0.4, 0.5) is 10.1 Å². The monoisotopic (exact) mass is 337 g/mol. The van der Waals surface area contributed by atoms with Crippen molar-refractivity contribution in [2.24, 2.45) is 0 Å². The fourth-order valence-corrected chi connectivity index (χ4v) is 3.10. The number of aryl methyl sites for hydroxylation is 1. The number of anilines is 1. The first-order chi connectivity index (χ1) is 10.7. The molecule has 1 atom stereocenters. The number of rotatable bonds is 5. The minimum absolute atomic E-state index is 0.139. The highest BCUT2D eigenvalue weighted by atomic mass is 32.2. The number of hydrogen-bond acceptors (Lipinski definition) is 4. The Bertz CT molecular complexity index is 819. The predicted molar refractivity (Wildman–Crippen MR) is 89.3 cm³/mol. The van der Waals surface area contributed by atoms with Gasteiger partial charge in [-0.15, -0.1) is 0 Å². The molecule has 0 unspecified atom stereocenters. The second kappa shape index (κ2) is 6.58. The van der Waals surface area contributed by atoms with Crippen LogP contribution < -0.4 is 10.1 Å². The Hall–Kier alpha value is -2.08. The second-order valence-electron chi connectivity index (χ2n) is 5.51. The van der Waals surface area contributed by atoms with E-state index in [-0.39, 0.29) is 16.8 Å². The third-order valence-corrected chi connectivity index (χ3v) is 4.78. The lowest BCUT2D eigenvalue weighted by molar-refractivity contribution is 0.402. The first kappa shape index (κ1) is 17.3. The van der Waals surface area contributed by atoms with Crippen molar-refractivity contribution in [3.63, 3.8) is 0 Å². The summed E-state index contributed by atoms with van der Waals surface area (Å²) in [6, 6.07) is 9.74. The molecule has 2 rings (SSSR count). The van der Waals surface area contributed by atoms with Gasteiger partial charge in [-0.1, -0.05) is 12.1 Å². The van der Waals surface area contributed by atoms with Crippen molar-refractivity contribution < 1.29 is 17.5 Å². The molecule has 124 valence electrons. The van der Waals surface area contributed by atoms with Gasteiger partial charge in [0.1, 0.15) is 16.5 Å². The van der Waals surface area contributed by atoms with Gasteiger partial charge in [-0.25, -0.2) is 12.8 Å². The maximum Gasteiger partial charge on any atom is 0.179 e. The van der Waals surface area contributed by atoms with E-state index in [1.807, 2.05) is 6.92 Å². The fraction of sp³-hybridized carbons (Fsp3) is 0.294. The molecule has 0 saturated heterocycles. The first-order valence-electron chi connectivity index (χ1n) is 7.13. The van der Waals surface area contributed by atoms with Crippen molar-refractivity contribution >= 4 is 15.5 Å². The third-order valence-electron chi connectivity index (χ3n) is 3.64. The molecule has 23 heavy (non-hydrogen) atoms. The lowest BCUT2D eigenvalue weighted by Crippen LogP contribution is -2.08. The van der Waals surface area contributed by atoms with Crippen LogP contribution in [0, 0.1) is 12.7 Å². The van der Waals surface area contributed by atoms with Crippen LogP contribution in [-0.4, -0.2) is 21.8 Å². The van der Waals surface area contributed by atoms with Gasteiger partial charge >= 0.3 is 0 Å². The average molecular weight is 337 g/mol. The zero-order valence-electron chi connectivity index (χ0n) is 13.6. The van der Waals surface area contributed by atoms with Gasteiger partial charge in [-0.3, -0.25) is 0 Å². The molecule has 4 nitrogen and oxygen atoms in total. The maximum atomic E-state index is 13.6. The Balaban J connectivity index is 2.29. The summed E-state index contributed by atoms with van der Waals surface area (Å²) >= 11 is 0. The molecule has 0 aromatic heterocycles. The molecule has 0 fully saturated rings. The molecule has 0 heterocycles. The van der Waals surface area contributed by atoms with Crippen LogP contribution in [0.1, 0.15) is 24.1 Å². The van der Waals surface area contributed by atoms with Crippen LogP contribution >= 0.6 is 0 Å². The third kappa shape index (κ3) is 4.01. The SMILES string of the molecule is COc1cc([C@@H](C)Nc2ccc(C)c(F)c2)ccc1S(C)(=O)=O. The number of hydrogen-bond donors (Lipinski definition) is 1. The predicted octanol–water partition coefficient (Wildman–Crippen LogP) is 3.72. The van der Waals surface area contributed by atoms with E-state index < -0.39 is 9.84 Å². The number of ether oxygens (including phenoxy) is 1. The first-order valence-corrected chi connectivity index (χ1v) is 9.02. The number of methoxy groups -OCH3 is 1. The molecular formula is C17H20FNO3S. The summed E-state index contributed by atoms with van der Waals surface area (Å²) in [5.74, 6) is 0.0286. The van der Waals surface area contributed by atoms with E-state index in [1.54, 1.807) is 31.2 Å². The summed E-state index contributed by atoms with van der Waals surface area (Å²) in [6.07, 6.45) is 1.14. The molecule has 0 amide bonds. The molecule has 0 aliphatic rings. The number of sulfone groups is 1. The molecule has 0 saturated carbocycles. The van der Waals surface area contributed by atoms with Gasteiger partial charge in [-0.05, 0) is 49.2 Å². The quantitative estimate of drug-likeness (QED) is 0.903. The normalized spacial score (nSPS) is 12.7. The van der Waals surface area contributed by atoms with Gasteiger partial charge < -0.3 is 10.1 Å². The van der Waals surface area contributed by atoms with E-state index in [0.717, 1.165) is 11.8 Å². The molecule has 0 aliphatic carbocycles. The fourth-order valence-electron chi connectivity index (χ4n) is 2.28. The van der Waals surface area contributed by atoms with E-state index in [4.69, 9.17) is 4.74 Å². The van der Waals surface area contributed by atoms with Crippen LogP contribution in [0.5, 0.6) is 5.75 Å². The van der Waals surface area contributed by atoms with Crippen LogP contribution in [0.2, 0.25) is 0 Å². The van der Waals surface area contributed by atoms with E-state index in [0.29, 0.717) is 17.0 Å². The van der Waals surface area contributed by atoms with Gasteiger partial charge in [0.15, 0.2) is 9.84 Å². The highest BCUT2D eigenvalue weighted by Gasteiger charge is 2.16. The lowest BCUT2D eigenvalue weighted by atomic mass is 10.1. The van der Waals surface area contributed by atoms with Gasteiger partial charge in [0.05, 0.1) is 7.11 Å². The minimum Gasteiger partial charge on any atom is -0.495 e. The van der Waals surface area contributed by atoms with E-state index >= 15 is 0 Å². The zero-order chi connectivity index (χ0) is 17.2. The molecule has 2 aromatic rings. The lowest BCUT2D eigenvalue weighted by Gasteiger charge is -2.18. The minimum atomic E-state index is -3.35. The molecule has 6 heteroatoms. The van der Waals surface area contributed by atoms with Crippen molar-refractivity contribution in [1.82, 2.24) is 0 Å². The summed E-state index contributed by atoms with van der Waals surface area (Å²) < 4.78 is 42.2. The Morgan fingerprint density at radius 3 is 2.43 bits per heavy atom. The molecular weight excluding hydrogens is 317 g/mol. The van der Waals surface area contributed by atoms with Crippen molar-refractivity contribution in [3.8, 4) is 5.75 Å². The molecule has 1 N–H and O–H groups in total. The van der Waals surface area contributed by atoms with Crippen LogP contribution in [0.15, 0.2) is 41.3 Å². The van der Waals surface area contributed by atoms with Crippen molar-refractivity contribution in [1.29, 1.82) is 0 Å². The van der Waals surface area contributed by atoms with Crippen molar-refractivity contribution in [2.75, 3.05) is 18.7 Å². The van der Waals surface area contributed by atoms with E-state index in [2.05, 4.69) is 5.32 Å². The molecule has 2 aromatic carbocycles. The summed E-state index contributed by atoms with van der Waals surface area (Å²) in [5, 5.41) is 3.19. The van der Waals surface area contributed by atoms with Gasteiger partial charge in [-0.2, -0.15) is 0 Å². The summed E-state index contributed by atoms with van der Waals surface area (Å²) in [4.78, 5) is 0.150. The highest BCUT2D eigenvalue weighted by molar-refractivity contribution is 7.90. The van der Waals surface area contributed by atoms with Crippen LogP contribution in [-0.2, 0) is 9.84 Å². The van der Waals surface area contributed by atoms with Gasteiger partial charge in [0, 0.05) is 18.0 Å². The summed E-state index contributed by atoms with van der Waals surface area (Å²) in [5.41, 5.74) is 2.09. The van der Waals surface area contributed by atoms with Gasteiger partial charge in [0.25, 0.3) is 0 Å². The Kier molecular flexibility index (Phi) is 4.94. The van der Waals surface area contributed by atoms with Gasteiger partial charge in [0.2, 0.25) is 0 Å². The van der Waals surface area contributed by atoms with E-state index in [9.17, 15) is 12.8 Å². The van der Waals surface area contributed by atoms with E-state index in [1.165, 1.54) is 19.2 Å². The second-order valence-corrected chi connectivity index (χ2v) is 7.50. The molecule has 0 aliphatic heterocycles. The Morgan fingerprint density at radius 2 is 1.87 bits per heavy atom. The maximum absolute atomic E-state index is 13.6. The topological polar surface area (TPSA) is 55.4 Å². The Labute approximate surface area is 136 Å². The number of halogens is 1. The largest absolute Gasteiger partial charge is 0.495 e. The standard InChI is InChI=1S/C17H20FNO3S/c1-11-5-7-14(10-15(11)18)19-12(2)13-6-8-17(23(4,20)21)16(9-13)22-3/h5-10,12,19H,1-4H3/t12-/m1/s1. The smallest absolute Gasteiger partial charge is 0.179 e. The number of benzene rings is 2. The van der Waals surface area contributed by atoms with Crippen molar-refractivity contribution in [2.45, 2.75) is 24.8 Å². The summed E-state index contributed by atoms with van der Waals surface area (Å²) in [6.45, 7) is 3.62. The van der Waals surface area contributed by atoms with Crippen LogP contribution in [0.25, 0.3) is 0 Å². The molecule has 0 bridgehead atoms. The van der Waals surface area contributed by atoms with Crippen molar-refractivity contribution in [3.05, 3.63) is 53.3 Å². The molecule has 0 radical (unpaired) electrons. The Morgan fingerprint density at radius 1 is 1.17 bits per heavy atom.